The van der Waals surface area contributed by atoms with Gasteiger partial charge in [-0.1, -0.05) is 17.7 Å². The second kappa shape index (κ2) is 5.34. The van der Waals surface area contributed by atoms with Crippen LogP contribution in [0.3, 0.4) is 0 Å². The van der Waals surface area contributed by atoms with Gasteiger partial charge in [0.15, 0.2) is 0 Å². The standard InChI is InChI=1S/C14H15F2N3/c1-8-2-4-12(16)10(6-8)14(19-18)11-7-9(15)3-5-13(11)17/h2-7,14,19H,17-18H2,1H3. The zero-order valence-electron chi connectivity index (χ0n) is 10.5. The second-order valence-electron chi connectivity index (χ2n) is 4.40. The van der Waals surface area contributed by atoms with Crippen molar-refractivity contribution in [2.45, 2.75) is 13.0 Å². The molecule has 3 nitrogen and oxygen atoms in total. The minimum absolute atomic E-state index is 0.333. The molecular weight excluding hydrogens is 248 g/mol. The number of aryl methyl sites for hydroxylation is 1. The summed E-state index contributed by atoms with van der Waals surface area (Å²) < 4.78 is 27.2. The average molecular weight is 263 g/mol. The van der Waals surface area contributed by atoms with Crippen LogP contribution in [0.2, 0.25) is 0 Å². The van der Waals surface area contributed by atoms with E-state index in [1.807, 2.05) is 6.92 Å². The van der Waals surface area contributed by atoms with Crippen molar-refractivity contribution in [1.82, 2.24) is 5.43 Å². The van der Waals surface area contributed by atoms with Gasteiger partial charge in [0.1, 0.15) is 11.6 Å². The van der Waals surface area contributed by atoms with Crippen LogP contribution in [0.1, 0.15) is 22.7 Å². The van der Waals surface area contributed by atoms with Gasteiger partial charge in [0, 0.05) is 16.8 Å². The Morgan fingerprint density at radius 2 is 1.79 bits per heavy atom. The molecule has 5 heteroatoms. The van der Waals surface area contributed by atoms with Crippen LogP contribution in [0.25, 0.3) is 0 Å². The molecule has 2 aromatic rings. The number of nitrogen functional groups attached to an aromatic ring is 1. The Bertz CT molecular complexity index is 548. The normalized spacial score (nSPS) is 12.4. The molecule has 1 unspecified atom stereocenters. The van der Waals surface area contributed by atoms with Gasteiger partial charge >= 0.3 is 0 Å². The molecule has 0 aromatic heterocycles. The van der Waals surface area contributed by atoms with Gasteiger partial charge in [-0.05, 0) is 31.2 Å². The van der Waals surface area contributed by atoms with Crippen LogP contribution in [0.15, 0.2) is 36.4 Å². The third kappa shape index (κ3) is 2.72. The molecule has 19 heavy (non-hydrogen) atoms. The SMILES string of the molecule is Cc1ccc(F)c(C(NN)c2cc(F)ccc2N)c1. The smallest absolute Gasteiger partial charge is 0.128 e. The molecule has 2 rings (SSSR count). The molecule has 1 atom stereocenters. The molecule has 5 N–H and O–H groups in total. The first kappa shape index (κ1) is 13.5. The van der Waals surface area contributed by atoms with Crippen molar-refractivity contribution >= 4 is 5.69 Å². The van der Waals surface area contributed by atoms with Crippen LogP contribution in [0.4, 0.5) is 14.5 Å². The summed E-state index contributed by atoms with van der Waals surface area (Å²) in [5, 5.41) is 0. The fourth-order valence-electron chi connectivity index (χ4n) is 2.03. The van der Waals surface area contributed by atoms with Crippen LogP contribution >= 0.6 is 0 Å². The minimum Gasteiger partial charge on any atom is -0.398 e. The summed E-state index contributed by atoms with van der Waals surface area (Å²) in [6.07, 6.45) is 0. The summed E-state index contributed by atoms with van der Waals surface area (Å²) in [6.45, 7) is 1.84. The number of rotatable bonds is 3. The number of halogens is 2. The Balaban J connectivity index is 2.55. The van der Waals surface area contributed by atoms with E-state index >= 15 is 0 Å². The quantitative estimate of drug-likeness (QED) is 0.452. The predicted molar refractivity (Wildman–Crippen MR) is 71.1 cm³/mol. The van der Waals surface area contributed by atoms with Crippen LogP contribution < -0.4 is 17.0 Å². The topological polar surface area (TPSA) is 64.1 Å². The number of hydrazine groups is 1. The van der Waals surface area contributed by atoms with E-state index in [-0.39, 0.29) is 0 Å². The first-order valence-corrected chi connectivity index (χ1v) is 5.80. The third-order valence-corrected chi connectivity index (χ3v) is 2.99. The van der Waals surface area contributed by atoms with Crippen LogP contribution in [0.5, 0.6) is 0 Å². The Labute approximate surface area is 110 Å². The Kier molecular flexibility index (Phi) is 3.78. The summed E-state index contributed by atoms with van der Waals surface area (Å²) >= 11 is 0. The Morgan fingerprint density at radius 3 is 2.47 bits per heavy atom. The van der Waals surface area contributed by atoms with E-state index in [2.05, 4.69) is 5.43 Å². The van der Waals surface area contributed by atoms with E-state index in [1.165, 1.54) is 24.3 Å². The number of hydrogen-bond donors (Lipinski definition) is 3. The van der Waals surface area contributed by atoms with E-state index in [4.69, 9.17) is 11.6 Å². The van der Waals surface area contributed by atoms with Gasteiger partial charge in [-0.3, -0.25) is 5.84 Å². The first-order valence-electron chi connectivity index (χ1n) is 5.80. The highest BCUT2D eigenvalue weighted by molar-refractivity contribution is 5.52. The van der Waals surface area contributed by atoms with E-state index in [9.17, 15) is 8.78 Å². The number of anilines is 1. The highest BCUT2D eigenvalue weighted by Gasteiger charge is 2.19. The summed E-state index contributed by atoms with van der Waals surface area (Å²) in [6, 6.07) is 7.90. The van der Waals surface area contributed by atoms with Crippen molar-refractivity contribution in [3.05, 3.63) is 64.7 Å². The van der Waals surface area contributed by atoms with Crippen molar-refractivity contribution in [1.29, 1.82) is 0 Å². The fourth-order valence-corrected chi connectivity index (χ4v) is 2.03. The maximum absolute atomic E-state index is 13.9. The van der Waals surface area contributed by atoms with Crippen molar-refractivity contribution < 1.29 is 8.78 Å². The number of benzene rings is 2. The molecule has 0 amide bonds. The molecule has 0 heterocycles. The molecule has 0 aliphatic carbocycles. The minimum atomic E-state index is -0.699. The van der Waals surface area contributed by atoms with Gasteiger partial charge in [-0.25, -0.2) is 14.2 Å². The summed E-state index contributed by atoms with van der Waals surface area (Å²) in [5.74, 6) is 4.61. The van der Waals surface area contributed by atoms with Crippen molar-refractivity contribution in [3.8, 4) is 0 Å². The van der Waals surface area contributed by atoms with Gasteiger partial charge in [-0.15, -0.1) is 0 Å². The Hall–Kier alpha value is -1.98. The molecule has 0 spiro atoms. The van der Waals surface area contributed by atoms with E-state index in [0.717, 1.165) is 5.56 Å². The van der Waals surface area contributed by atoms with E-state index in [1.54, 1.807) is 12.1 Å². The van der Waals surface area contributed by atoms with Crippen LogP contribution in [-0.4, -0.2) is 0 Å². The lowest BCUT2D eigenvalue weighted by Gasteiger charge is -2.20. The van der Waals surface area contributed by atoms with Crippen molar-refractivity contribution in [2.24, 2.45) is 5.84 Å². The van der Waals surface area contributed by atoms with Gasteiger partial charge in [-0.2, -0.15) is 0 Å². The molecule has 0 saturated heterocycles. The second-order valence-corrected chi connectivity index (χ2v) is 4.40. The zero-order valence-corrected chi connectivity index (χ0v) is 10.5. The molecule has 0 bridgehead atoms. The molecule has 0 aliphatic heterocycles. The summed E-state index contributed by atoms with van der Waals surface area (Å²) in [4.78, 5) is 0. The summed E-state index contributed by atoms with van der Waals surface area (Å²) in [5.41, 5.74) is 10.3. The molecule has 2 aromatic carbocycles. The molecule has 100 valence electrons. The van der Waals surface area contributed by atoms with E-state index < -0.39 is 17.7 Å². The molecule has 0 aliphatic rings. The van der Waals surface area contributed by atoms with Gasteiger partial charge in [0.25, 0.3) is 0 Å². The summed E-state index contributed by atoms with van der Waals surface area (Å²) in [7, 11) is 0. The largest absolute Gasteiger partial charge is 0.398 e. The number of nitrogens with one attached hydrogen (secondary N) is 1. The zero-order chi connectivity index (χ0) is 14.0. The maximum atomic E-state index is 13.9. The predicted octanol–water partition coefficient (Wildman–Crippen LogP) is 2.41. The van der Waals surface area contributed by atoms with Gasteiger partial charge in [0.2, 0.25) is 0 Å². The fraction of sp³-hybridized carbons (Fsp3) is 0.143. The lowest BCUT2D eigenvalue weighted by Crippen LogP contribution is -2.30. The highest BCUT2D eigenvalue weighted by Crippen LogP contribution is 2.29. The average Bonchev–Trinajstić information content (AvgIpc) is 2.38. The van der Waals surface area contributed by atoms with E-state index in [0.29, 0.717) is 16.8 Å². The highest BCUT2D eigenvalue weighted by atomic mass is 19.1. The molecule has 0 fully saturated rings. The molecular formula is C14H15F2N3. The van der Waals surface area contributed by atoms with Gasteiger partial charge < -0.3 is 5.73 Å². The third-order valence-electron chi connectivity index (χ3n) is 2.99. The maximum Gasteiger partial charge on any atom is 0.128 e. The van der Waals surface area contributed by atoms with Crippen LogP contribution in [-0.2, 0) is 0 Å². The van der Waals surface area contributed by atoms with Crippen molar-refractivity contribution in [2.75, 3.05) is 5.73 Å². The lowest BCUT2D eigenvalue weighted by molar-refractivity contribution is 0.556. The molecule has 0 radical (unpaired) electrons. The Morgan fingerprint density at radius 1 is 1.05 bits per heavy atom. The van der Waals surface area contributed by atoms with Crippen molar-refractivity contribution in [3.63, 3.8) is 0 Å². The first-order chi connectivity index (χ1) is 9.02. The van der Waals surface area contributed by atoms with Crippen LogP contribution in [0, 0.1) is 18.6 Å². The van der Waals surface area contributed by atoms with Gasteiger partial charge in [0.05, 0.1) is 6.04 Å². The number of hydrogen-bond acceptors (Lipinski definition) is 3. The monoisotopic (exact) mass is 263 g/mol. The molecule has 0 saturated carbocycles. The lowest BCUT2D eigenvalue weighted by atomic mass is 9.96. The number of nitrogens with two attached hydrogens (primary N) is 2.